The molecule has 25 heavy (non-hydrogen) atoms. The Bertz CT molecular complexity index is 912. The van der Waals surface area contributed by atoms with Crippen molar-refractivity contribution in [3.05, 3.63) is 29.3 Å². The summed E-state index contributed by atoms with van der Waals surface area (Å²) >= 11 is 1.19. The van der Waals surface area contributed by atoms with E-state index in [4.69, 9.17) is 10.4 Å². The standard InChI is InChI=1S/C14H18N8O2S/c1-7-5-8(2)22(19-7)13-17-18-14(21(13)15)25-10(4)12(23)16-11-6-9(3)24-20-11/h5-6,10H,15H2,1-4H3,(H,16,20,23). The zero-order valence-electron chi connectivity index (χ0n) is 14.2. The van der Waals surface area contributed by atoms with Gasteiger partial charge in [-0.2, -0.15) is 5.10 Å². The Balaban J connectivity index is 1.72. The lowest BCUT2D eigenvalue weighted by atomic mass is 10.4. The number of thioether (sulfide) groups is 1. The molecule has 3 aromatic rings. The Kier molecular flexibility index (Phi) is 4.49. The number of rotatable bonds is 5. The fraction of sp³-hybridized carbons (Fsp3) is 0.357. The number of aryl methyl sites for hydroxylation is 3. The molecule has 10 nitrogen and oxygen atoms in total. The van der Waals surface area contributed by atoms with Crippen LogP contribution in [-0.4, -0.2) is 41.0 Å². The minimum atomic E-state index is -0.461. The van der Waals surface area contributed by atoms with Crippen LogP contribution in [0.4, 0.5) is 5.82 Å². The molecule has 0 aliphatic carbocycles. The lowest BCUT2D eigenvalue weighted by Gasteiger charge is -2.10. The summed E-state index contributed by atoms with van der Waals surface area (Å²) in [6, 6.07) is 3.55. The van der Waals surface area contributed by atoms with E-state index in [1.807, 2.05) is 19.9 Å². The van der Waals surface area contributed by atoms with E-state index in [9.17, 15) is 4.79 Å². The van der Waals surface area contributed by atoms with Crippen molar-refractivity contribution in [3.63, 3.8) is 0 Å². The van der Waals surface area contributed by atoms with E-state index in [2.05, 4.69) is 25.8 Å². The molecule has 3 rings (SSSR count). The monoisotopic (exact) mass is 362 g/mol. The quantitative estimate of drug-likeness (QED) is 0.512. The zero-order valence-corrected chi connectivity index (χ0v) is 15.0. The third kappa shape index (κ3) is 3.50. The maximum atomic E-state index is 12.2. The number of anilines is 1. The lowest BCUT2D eigenvalue weighted by Crippen LogP contribution is -2.24. The lowest BCUT2D eigenvalue weighted by molar-refractivity contribution is -0.115. The van der Waals surface area contributed by atoms with Gasteiger partial charge in [0, 0.05) is 11.8 Å². The molecule has 1 atom stereocenters. The van der Waals surface area contributed by atoms with E-state index in [1.165, 1.54) is 16.4 Å². The molecule has 0 bridgehead atoms. The molecule has 1 amide bonds. The molecule has 0 aliphatic rings. The fourth-order valence-electron chi connectivity index (χ4n) is 2.19. The van der Waals surface area contributed by atoms with Crippen molar-refractivity contribution >= 4 is 23.5 Å². The Morgan fingerprint density at radius 3 is 2.68 bits per heavy atom. The highest BCUT2D eigenvalue weighted by atomic mass is 32.2. The van der Waals surface area contributed by atoms with Crippen molar-refractivity contribution in [3.8, 4) is 5.95 Å². The van der Waals surface area contributed by atoms with Gasteiger partial charge >= 0.3 is 0 Å². The van der Waals surface area contributed by atoms with Crippen molar-refractivity contribution in [2.45, 2.75) is 38.1 Å². The predicted molar refractivity (Wildman–Crippen MR) is 92.0 cm³/mol. The molecule has 0 spiro atoms. The van der Waals surface area contributed by atoms with Gasteiger partial charge in [0.1, 0.15) is 5.76 Å². The summed E-state index contributed by atoms with van der Waals surface area (Å²) in [7, 11) is 0. The zero-order chi connectivity index (χ0) is 18.1. The van der Waals surface area contributed by atoms with Gasteiger partial charge in [0.2, 0.25) is 11.1 Å². The second kappa shape index (κ2) is 6.59. The van der Waals surface area contributed by atoms with Gasteiger partial charge in [-0.25, -0.2) is 9.36 Å². The number of hydrogen-bond donors (Lipinski definition) is 2. The number of nitrogens with one attached hydrogen (secondary N) is 1. The Morgan fingerprint density at radius 1 is 1.32 bits per heavy atom. The number of hydrogen-bond acceptors (Lipinski definition) is 8. The molecule has 3 aromatic heterocycles. The van der Waals surface area contributed by atoms with Crippen molar-refractivity contribution in [2.24, 2.45) is 0 Å². The normalized spacial score (nSPS) is 12.3. The van der Waals surface area contributed by atoms with Crippen LogP contribution in [-0.2, 0) is 4.79 Å². The number of carbonyl (C=O) groups is 1. The van der Waals surface area contributed by atoms with Crippen molar-refractivity contribution < 1.29 is 9.32 Å². The minimum Gasteiger partial charge on any atom is -0.360 e. The Hall–Kier alpha value is -2.82. The highest BCUT2D eigenvalue weighted by molar-refractivity contribution is 8.00. The van der Waals surface area contributed by atoms with Gasteiger partial charge in [0.15, 0.2) is 5.82 Å². The summed E-state index contributed by atoms with van der Waals surface area (Å²) in [6.45, 7) is 7.27. The first kappa shape index (κ1) is 17.0. The van der Waals surface area contributed by atoms with Crippen LogP contribution >= 0.6 is 11.8 Å². The Morgan fingerprint density at radius 2 is 2.08 bits per heavy atom. The molecule has 1 unspecified atom stereocenters. The summed E-state index contributed by atoms with van der Waals surface area (Å²) in [4.78, 5) is 12.2. The fourth-order valence-corrected chi connectivity index (χ4v) is 2.96. The number of nitrogens with zero attached hydrogens (tertiary/aromatic N) is 6. The topological polar surface area (TPSA) is 130 Å². The smallest absolute Gasteiger partial charge is 0.271 e. The van der Waals surface area contributed by atoms with Crippen LogP contribution in [0, 0.1) is 20.8 Å². The number of carbonyl (C=O) groups excluding carboxylic acids is 1. The molecular weight excluding hydrogens is 344 g/mol. The summed E-state index contributed by atoms with van der Waals surface area (Å²) in [5.41, 5.74) is 1.74. The summed E-state index contributed by atoms with van der Waals surface area (Å²) in [5, 5.41) is 18.8. The van der Waals surface area contributed by atoms with Gasteiger partial charge in [-0.15, -0.1) is 10.2 Å². The maximum Gasteiger partial charge on any atom is 0.271 e. The number of nitrogens with two attached hydrogens (primary N) is 1. The van der Waals surface area contributed by atoms with Crippen LogP contribution < -0.4 is 11.2 Å². The van der Waals surface area contributed by atoms with Crippen LogP contribution in [0.1, 0.15) is 24.1 Å². The van der Waals surface area contributed by atoms with Gasteiger partial charge in [-0.1, -0.05) is 16.9 Å². The average Bonchev–Trinajstić information content (AvgIpc) is 3.20. The van der Waals surface area contributed by atoms with Gasteiger partial charge in [0.25, 0.3) is 5.95 Å². The molecule has 0 saturated carbocycles. The van der Waals surface area contributed by atoms with Crippen LogP contribution in [0.15, 0.2) is 21.8 Å². The van der Waals surface area contributed by atoms with E-state index in [0.29, 0.717) is 22.7 Å². The number of nitrogen functional groups attached to an aromatic ring is 1. The first-order valence-corrected chi connectivity index (χ1v) is 8.38. The molecule has 0 aromatic carbocycles. The molecule has 0 radical (unpaired) electrons. The second-order valence-corrected chi connectivity index (χ2v) is 6.87. The van der Waals surface area contributed by atoms with E-state index in [1.54, 1.807) is 24.6 Å². The second-order valence-electron chi connectivity index (χ2n) is 5.56. The number of amides is 1. The third-order valence-corrected chi connectivity index (χ3v) is 4.43. The van der Waals surface area contributed by atoms with Crippen molar-refractivity contribution in [1.82, 2.24) is 29.8 Å². The van der Waals surface area contributed by atoms with E-state index >= 15 is 0 Å². The first-order chi connectivity index (χ1) is 11.8. The predicted octanol–water partition coefficient (Wildman–Crippen LogP) is 1.21. The highest BCUT2D eigenvalue weighted by Crippen LogP contribution is 2.23. The van der Waals surface area contributed by atoms with Crippen molar-refractivity contribution in [2.75, 3.05) is 11.2 Å². The summed E-state index contributed by atoms with van der Waals surface area (Å²) < 4.78 is 7.84. The molecule has 11 heteroatoms. The van der Waals surface area contributed by atoms with Crippen LogP contribution in [0.2, 0.25) is 0 Å². The Labute approximate surface area is 147 Å². The van der Waals surface area contributed by atoms with E-state index in [-0.39, 0.29) is 5.91 Å². The first-order valence-electron chi connectivity index (χ1n) is 7.50. The van der Waals surface area contributed by atoms with Gasteiger partial charge < -0.3 is 15.7 Å². The molecule has 0 saturated heterocycles. The van der Waals surface area contributed by atoms with Gasteiger partial charge in [0.05, 0.1) is 10.9 Å². The molecule has 0 aliphatic heterocycles. The van der Waals surface area contributed by atoms with E-state index < -0.39 is 5.25 Å². The molecule has 0 fully saturated rings. The van der Waals surface area contributed by atoms with E-state index in [0.717, 1.165) is 11.4 Å². The molecule has 132 valence electrons. The average molecular weight is 362 g/mol. The molecule has 3 N–H and O–H groups in total. The van der Waals surface area contributed by atoms with Gasteiger partial charge in [-0.3, -0.25) is 4.79 Å². The largest absolute Gasteiger partial charge is 0.360 e. The van der Waals surface area contributed by atoms with Crippen LogP contribution in [0.3, 0.4) is 0 Å². The maximum absolute atomic E-state index is 12.2. The van der Waals surface area contributed by atoms with Gasteiger partial charge in [-0.05, 0) is 33.8 Å². The molecule has 3 heterocycles. The SMILES string of the molecule is Cc1cc(C)n(-c2nnc(SC(C)C(=O)Nc3cc(C)on3)n2N)n1. The summed E-state index contributed by atoms with van der Waals surface area (Å²) in [6.07, 6.45) is 0. The summed E-state index contributed by atoms with van der Waals surface area (Å²) in [5.74, 6) is 7.19. The third-order valence-electron chi connectivity index (χ3n) is 3.38. The number of aromatic nitrogens is 6. The highest BCUT2D eigenvalue weighted by Gasteiger charge is 2.21. The van der Waals surface area contributed by atoms with Crippen molar-refractivity contribution in [1.29, 1.82) is 0 Å². The van der Waals surface area contributed by atoms with Crippen LogP contribution in [0.25, 0.3) is 5.95 Å². The minimum absolute atomic E-state index is 0.242. The molecular formula is C14H18N8O2S. The van der Waals surface area contributed by atoms with Crippen LogP contribution in [0.5, 0.6) is 0 Å².